The molecule has 1 nitrogen and oxygen atoms in total. The molecule has 0 aromatic heterocycles. The molecule has 0 atom stereocenters. The number of Topliss-reactive ketones (excluding diaryl/α,β-unsaturated/α-hetero) is 1. The summed E-state index contributed by atoms with van der Waals surface area (Å²) in [5.41, 5.74) is 1.51. The van der Waals surface area contributed by atoms with Crippen molar-refractivity contribution >= 4 is 5.78 Å². The minimum Gasteiger partial charge on any atom is -0.280 e. The second kappa shape index (κ2) is 9.55. The van der Waals surface area contributed by atoms with Gasteiger partial charge >= 0.3 is 17.1 Å². The predicted molar refractivity (Wildman–Crippen MR) is 81.7 cm³/mol. The van der Waals surface area contributed by atoms with Crippen molar-refractivity contribution < 1.29 is 21.9 Å². The van der Waals surface area contributed by atoms with E-state index in [1.54, 1.807) is 12.1 Å². The normalized spacial score (nSPS) is 8.38. The summed E-state index contributed by atoms with van der Waals surface area (Å²) in [5.74, 6) is 5.29. The minimum absolute atomic E-state index is 0. The summed E-state index contributed by atoms with van der Waals surface area (Å²) in [4.78, 5) is 11.6. The molecule has 0 fully saturated rings. The van der Waals surface area contributed by atoms with Crippen LogP contribution in [0.3, 0.4) is 0 Å². The summed E-state index contributed by atoms with van der Waals surface area (Å²) in [7, 11) is 0. The monoisotopic (exact) mass is 314 g/mol. The van der Waals surface area contributed by atoms with Crippen molar-refractivity contribution in [3.8, 4) is 11.8 Å². The Kier molecular flexibility index (Phi) is 7.61. The Morgan fingerprint density at radius 3 is 2.10 bits per heavy atom. The molecule has 0 radical (unpaired) electrons. The van der Waals surface area contributed by atoms with Crippen molar-refractivity contribution in [1.82, 2.24) is 0 Å². The molecule has 0 amide bonds. The molecule has 2 heteroatoms. The van der Waals surface area contributed by atoms with Crippen LogP contribution in [0.2, 0.25) is 0 Å². The fourth-order valence-corrected chi connectivity index (χ4v) is 1.57. The van der Waals surface area contributed by atoms with E-state index < -0.39 is 0 Å². The smallest absolute Gasteiger partial charge is 0.280 e. The Balaban J connectivity index is 0.000000313. The molecule has 0 aliphatic rings. The third-order valence-corrected chi connectivity index (χ3v) is 2.57. The molecular weight excluding hydrogens is 300 g/mol. The van der Waals surface area contributed by atoms with E-state index in [1.807, 2.05) is 72.8 Å². The van der Waals surface area contributed by atoms with Crippen LogP contribution < -0.4 is 0 Å². The van der Waals surface area contributed by atoms with Crippen LogP contribution in [-0.2, 0) is 17.1 Å². The third kappa shape index (κ3) is 6.10. The number of benzene rings is 1. The van der Waals surface area contributed by atoms with Gasteiger partial charge in [0.15, 0.2) is 0 Å². The first-order valence-corrected chi connectivity index (χ1v) is 6.36. The Labute approximate surface area is 135 Å². The number of hydrogen-bond acceptors (Lipinski definition) is 1. The van der Waals surface area contributed by atoms with Crippen LogP contribution in [0.1, 0.15) is 15.9 Å². The molecular formula is C19H14FeO. The zero-order valence-electron chi connectivity index (χ0n) is 11.3. The maximum absolute atomic E-state index is 11.6. The van der Waals surface area contributed by atoms with Gasteiger partial charge in [0.1, 0.15) is 0 Å². The number of carbonyl (C=O) groups excluding carboxylic acids is 1. The van der Waals surface area contributed by atoms with Crippen LogP contribution in [0.25, 0.3) is 0 Å². The van der Waals surface area contributed by atoms with E-state index in [9.17, 15) is 4.79 Å². The van der Waals surface area contributed by atoms with Crippen LogP contribution in [0, 0.1) is 11.8 Å². The molecule has 0 heterocycles. The van der Waals surface area contributed by atoms with Gasteiger partial charge in [0.25, 0.3) is 0 Å². The average molecular weight is 314 g/mol. The molecule has 21 heavy (non-hydrogen) atoms. The molecule has 0 aliphatic carbocycles. The summed E-state index contributed by atoms with van der Waals surface area (Å²) in [6, 6.07) is 26.6. The van der Waals surface area contributed by atoms with Crippen molar-refractivity contribution in [3.63, 3.8) is 0 Å². The van der Waals surface area contributed by atoms with Gasteiger partial charge in [-0.25, -0.2) is 12.1 Å². The second-order valence-electron chi connectivity index (χ2n) is 4.08. The zero-order chi connectivity index (χ0) is 14.0. The second-order valence-corrected chi connectivity index (χ2v) is 4.08. The van der Waals surface area contributed by atoms with E-state index in [0.717, 1.165) is 5.56 Å². The molecule has 0 spiro atoms. The van der Waals surface area contributed by atoms with Crippen LogP contribution in [0.5, 0.6) is 0 Å². The van der Waals surface area contributed by atoms with Gasteiger partial charge in [-0.15, -0.1) is 11.6 Å². The van der Waals surface area contributed by atoms with E-state index in [0.29, 0.717) is 5.56 Å². The molecule has 104 valence electrons. The maximum atomic E-state index is 11.6. The first-order chi connectivity index (χ1) is 9.86. The summed E-state index contributed by atoms with van der Waals surface area (Å²) in [6.45, 7) is 0. The topological polar surface area (TPSA) is 17.1 Å². The Hall–Kier alpha value is -2.33. The van der Waals surface area contributed by atoms with E-state index in [1.165, 1.54) is 0 Å². The predicted octanol–water partition coefficient (Wildman–Crippen LogP) is 4.04. The molecule has 0 saturated carbocycles. The van der Waals surface area contributed by atoms with Gasteiger partial charge in [-0.3, -0.25) is 4.79 Å². The molecule has 3 aromatic carbocycles. The summed E-state index contributed by atoms with van der Waals surface area (Å²) in [6.07, 6.45) is 0. The fourth-order valence-electron chi connectivity index (χ4n) is 1.57. The summed E-state index contributed by atoms with van der Waals surface area (Å²) >= 11 is 0. The number of rotatable bonds is 1. The van der Waals surface area contributed by atoms with Gasteiger partial charge < -0.3 is 0 Å². The minimum atomic E-state index is -0.142. The van der Waals surface area contributed by atoms with Gasteiger partial charge in [0.2, 0.25) is 5.78 Å². The van der Waals surface area contributed by atoms with Crippen molar-refractivity contribution in [2.24, 2.45) is 0 Å². The Bertz CT molecular complexity index is 651. The fraction of sp³-hybridized carbons (Fsp3) is 0. The quantitative estimate of drug-likeness (QED) is 0.287. The Morgan fingerprint density at radius 1 is 0.857 bits per heavy atom. The number of hydrogen-bond donors (Lipinski definition) is 0. The Morgan fingerprint density at radius 2 is 1.57 bits per heavy atom. The van der Waals surface area contributed by atoms with Gasteiger partial charge in [-0.05, 0) is 0 Å². The molecule has 3 aromatic rings. The van der Waals surface area contributed by atoms with Crippen LogP contribution in [-0.4, -0.2) is 5.78 Å². The average Bonchev–Trinajstić information content (AvgIpc) is 3.21. The van der Waals surface area contributed by atoms with Crippen LogP contribution >= 0.6 is 0 Å². The SMILES string of the molecule is O=C(C#Cc1ccc[cH-]1)c1ccccc1.[Fe+2].c1cc[cH-]c1. The maximum Gasteiger partial charge on any atom is 2.00 e. The van der Waals surface area contributed by atoms with Gasteiger partial charge in [-0.1, -0.05) is 36.3 Å². The van der Waals surface area contributed by atoms with Crippen LogP contribution in [0.4, 0.5) is 0 Å². The standard InChI is InChI=1S/C14H9O.C5H5.Fe/c15-14(13-8-2-1-3-9-13)11-10-12-6-4-5-7-12;1-2-4-5-3-1;/h1-9H;1-5H;/q2*-1;+2. The molecule has 3 rings (SSSR count). The van der Waals surface area contributed by atoms with Crippen molar-refractivity contribution in [2.75, 3.05) is 0 Å². The van der Waals surface area contributed by atoms with E-state index in [4.69, 9.17) is 0 Å². The first-order valence-electron chi connectivity index (χ1n) is 6.36. The number of ketones is 1. The summed E-state index contributed by atoms with van der Waals surface area (Å²) in [5, 5.41) is 0. The van der Waals surface area contributed by atoms with E-state index >= 15 is 0 Å². The molecule has 0 unspecified atom stereocenters. The van der Waals surface area contributed by atoms with E-state index in [2.05, 4.69) is 11.8 Å². The number of carbonyl (C=O) groups is 1. The van der Waals surface area contributed by atoms with Gasteiger partial charge in [0.05, 0.1) is 0 Å². The van der Waals surface area contributed by atoms with Gasteiger partial charge in [0, 0.05) is 5.56 Å². The molecule has 0 bridgehead atoms. The van der Waals surface area contributed by atoms with Crippen molar-refractivity contribution in [2.45, 2.75) is 0 Å². The molecule has 0 saturated heterocycles. The zero-order valence-corrected chi connectivity index (χ0v) is 12.4. The van der Waals surface area contributed by atoms with Gasteiger partial charge in [-0.2, -0.15) is 42.3 Å². The van der Waals surface area contributed by atoms with E-state index in [-0.39, 0.29) is 22.9 Å². The van der Waals surface area contributed by atoms with Crippen molar-refractivity contribution in [1.29, 1.82) is 0 Å². The molecule has 0 N–H and O–H groups in total. The van der Waals surface area contributed by atoms with Crippen LogP contribution in [0.15, 0.2) is 84.9 Å². The summed E-state index contributed by atoms with van der Waals surface area (Å²) < 4.78 is 0. The van der Waals surface area contributed by atoms with Crippen molar-refractivity contribution in [3.05, 3.63) is 96.1 Å². The molecule has 0 aliphatic heterocycles. The first kappa shape index (κ1) is 16.7. The largest absolute Gasteiger partial charge is 2.00 e. The third-order valence-electron chi connectivity index (χ3n) is 2.57.